The minimum Gasteiger partial charge on any atom is -0.341 e. The summed E-state index contributed by atoms with van der Waals surface area (Å²) in [6.07, 6.45) is 3.75. The molecule has 4 rings (SSSR count). The highest BCUT2D eigenvalue weighted by Crippen LogP contribution is 2.35. The Morgan fingerprint density at radius 2 is 1.79 bits per heavy atom. The van der Waals surface area contributed by atoms with Gasteiger partial charge in [-0.2, -0.15) is 0 Å². The maximum atomic E-state index is 12.5. The first-order chi connectivity index (χ1) is 11.7. The van der Waals surface area contributed by atoms with Crippen LogP contribution in [0.15, 0.2) is 65.6 Å². The second kappa shape index (κ2) is 5.90. The summed E-state index contributed by atoms with van der Waals surface area (Å²) in [5.74, 6) is 0.356. The van der Waals surface area contributed by atoms with Crippen molar-refractivity contribution in [3.63, 3.8) is 0 Å². The molecule has 2 aromatic heterocycles. The van der Waals surface area contributed by atoms with E-state index in [2.05, 4.69) is 20.3 Å². The van der Waals surface area contributed by atoms with Crippen LogP contribution in [0.2, 0.25) is 0 Å². The van der Waals surface area contributed by atoms with Crippen LogP contribution in [0.5, 0.6) is 0 Å². The number of hydrogen-bond acceptors (Lipinski definition) is 4. The average Bonchev–Trinajstić information content (AvgIpc) is 2.62. The summed E-state index contributed by atoms with van der Waals surface area (Å²) in [5, 5.41) is 3.29. The minimum atomic E-state index is -0.256. The van der Waals surface area contributed by atoms with Gasteiger partial charge in [-0.3, -0.25) is 14.8 Å². The summed E-state index contributed by atoms with van der Waals surface area (Å²) in [6.45, 7) is 0. The van der Waals surface area contributed by atoms with Crippen molar-refractivity contribution in [1.29, 1.82) is 0 Å². The van der Waals surface area contributed by atoms with Crippen molar-refractivity contribution in [2.45, 2.75) is 5.92 Å². The second-order valence-electron chi connectivity index (χ2n) is 5.50. The van der Waals surface area contributed by atoms with Crippen LogP contribution in [0.25, 0.3) is 5.70 Å². The predicted octanol–water partition coefficient (Wildman–Crippen LogP) is 3.43. The zero-order valence-electron chi connectivity index (χ0n) is 12.6. The molecule has 0 spiro atoms. The third kappa shape index (κ3) is 2.57. The van der Waals surface area contributed by atoms with Crippen molar-refractivity contribution < 1.29 is 0 Å². The molecule has 0 radical (unpaired) electrons. The molecule has 1 aliphatic heterocycles. The van der Waals surface area contributed by atoms with Crippen molar-refractivity contribution >= 4 is 23.7 Å². The van der Waals surface area contributed by atoms with E-state index in [0.29, 0.717) is 16.2 Å². The van der Waals surface area contributed by atoms with Gasteiger partial charge in [0.1, 0.15) is 5.82 Å². The van der Waals surface area contributed by atoms with Crippen LogP contribution in [0.3, 0.4) is 0 Å². The Hall–Kier alpha value is -2.99. The lowest BCUT2D eigenvalue weighted by Crippen LogP contribution is -2.25. The van der Waals surface area contributed by atoms with E-state index in [4.69, 9.17) is 12.2 Å². The number of nitrogens with zero attached hydrogens (tertiary/aromatic N) is 1. The fourth-order valence-corrected chi connectivity index (χ4v) is 3.09. The largest absolute Gasteiger partial charge is 0.341 e. The highest BCUT2D eigenvalue weighted by molar-refractivity contribution is 7.71. The highest BCUT2D eigenvalue weighted by Gasteiger charge is 2.26. The van der Waals surface area contributed by atoms with Crippen molar-refractivity contribution in [1.82, 2.24) is 15.0 Å². The van der Waals surface area contributed by atoms with Crippen molar-refractivity contribution in [2.75, 3.05) is 5.32 Å². The number of pyridine rings is 1. The Morgan fingerprint density at radius 1 is 1.00 bits per heavy atom. The quantitative estimate of drug-likeness (QED) is 0.628. The molecule has 0 bridgehead atoms. The molecule has 1 aliphatic rings. The van der Waals surface area contributed by atoms with Gasteiger partial charge < -0.3 is 10.3 Å². The SMILES string of the molecule is O=c1[nH]c(=S)[nH]c2c1C(c1ccccn1)C=C(c1ccccc1)N2. The van der Waals surface area contributed by atoms with Gasteiger partial charge in [0.25, 0.3) is 5.56 Å². The monoisotopic (exact) mass is 334 g/mol. The van der Waals surface area contributed by atoms with E-state index < -0.39 is 0 Å². The normalized spacial score (nSPS) is 16.0. The molecule has 1 unspecified atom stereocenters. The molecule has 0 saturated carbocycles. The number of aromatic nitrogens is 3. The van der Waals surface area contributed by atoms with Gasteiger partial charge in [-0.1, -0.05) is 36.4 Å². The Morgan fingerprint density at radius 3 is 2.54 bits per heavy atom. The summed E-state index contributed by atoms with van der Waals surface area (Å²) < 4.78 is 0.292. The number of aromatic amines is 2. The van der Waals surface area contributed by atoms with E-state index in [0.717, 1.165) is 17.0 Å². The summed E-state index contributed by atoms with van der Waals surface area (Å²) in [7, 11) is 0. The zero-order chi connectivity index (χ0) is 16.5. The molecule has 3 aromatic rings. The lowest BCUT2D eigenvalue weighted by atomic mass is 9.91. The molecule has 0 amide bonds. The van der Waals surface area contributed by atoms with Crippen molar-refractivity contribution in [2.24, 2.45) is 0 Å². The number of fused-ring (bicyclic) bond motifs is 1. The first kappa shape index (κ1) is 14.6. The molecule has 0 aliphatic carbocycles. The summed E-state index contributed by atoms with van der Waals surface area (Å²) in [4.78, 5) is 22.6. The molecule has 1 atom stereocenters. The van der Waals surface area contributed by atoms with E-state index >= 15 is 0 Å². The molecule has 0 fully saturated rings. The zero-order valence-corrected chi connectivity index (χ0v) is 13.4. The molecule has 3 N–H and O–H groups in total. The number of anilines is 1. The van der Waals surface area contributed by atoms with Gasteiger partial charge in [0.15, 0.2) is 4.77 Å². The van der Waals surface area contributed by atoms with E-state index in [1.54, 1.807) is 6.20 Å². The molecular formula is C18H14N4OS. The average molecular weight is 334 g/mol. The van der Waals surface area contributed by atoms with Gasteiger partial charge in [0, 0.05) is 11.9 Å². The number of allylic oxidation sites excluding steroid dienone is 1. The van der Waals surface area contributed by atoms with Crippen LogP contribution < -0.4 is 10.9 Å². The van der Waals surface area contributed by atoms with Gasteiger partial charge in [-0.05, 0) is 36.0 Å². The van der Waals surface area contributed by atoms with Crippen LogP contribution in [-0.2, 0) is 0 Å². The Balaban J connectivity index is 1.94. The third-order valence-corrected chi connectivity index (χ3v) is 4.18. The lowest BCUT2D eigenvalue weighted by Gasteiger charge is -2.24. The van der Waals surface area contributed by atoms with Gasteiger partial charge in [0.2, 0.25) is 0 Å². The maximum absolute atomic E-state index is 12.5. The number of H-pyrrole nitrogens is 2. The van der Waals surface area contributed by atoms with Crippen molar-refractivity contribution in [3.05, 3.63) is 92.7 Å². The van der Waals surface area contributed by atoms with Crippen LogP contribution in [0.1, 0.15) is 22.7 Å². The van der Waals surface area contributed by atoms with Gasteiger partial charge in [0.05, 0.1) is 17.2 Å². The standard InChI is InChI=1S/C18H14N4OS/c23-17-15-12(13-8-4-5-9-19-13)10-14(11-6-2-1-3-7-11)20-16(15)21-18(24)22-17/h1-10,12H,(H3,20,21,22,23,24). The lowest BCUT2D eigenvalue weighted by molar-refractivity contribution is 0.894. The molecular weight excluding hydrogens is 320 g/mol. The van der Waals surface area contributed by atoms with Gasteiger partial charge in [-0.25, -0.2) is 0 Å². The number of nitrogens with one attached hydrogen (secondary N) is 3. The van der Waals surface area contributed by atoms with E-state index in [1.165, 1.54) is 0 Å². The second-order valence-corrected chi connectivity index (χ2v) is 5.91. The highest BCUT2D eigenvalue weighted by atomic mass is 32.1. The van der Waals surface area contributed by atoms with E-state index in [9.17, 15) is 4.79 Å². The van der Waals surface area contributed by atoms with Crippen molar-refractivity contribution in [3.8, 4) is 0 Å². The molecule has 6 heteroatoms. The minimum absolute atomic E-state index is 0.208. The van der Waals surface area contributed by atoms with Crippen LogP contribution in [0, 0.1) is 4.77 Å². The molecule has 118 valence electrons. The molecule has 5 nitrogen and oxygen atoms in total. The Kier molecular flexibility index (Phi) is 3.59. The summed E-state index contributed by atoms with van der Waals surface area (Å²) >= 11 is 5.11. The van der Waals surface area contributed by atoms with E-state index in [-0.39, 0.29) is 11.5 Å². The summed E-state index contributed by atoms with van der Waals surface area (Å²) in [6, 6.07) is 15.6. The molecule has 1 aromatic carbocycles. The van der Waals surface area contributed by atoms with Crippen LogP contribution in [0.4, 0.5) is 5.82 Å². The molecule has 0 saturated heterocycles. The van der Waals surface area contributed by atoms with Gasteiger partial charge >= 0.3 is 0 Å². The predicted molar refractivity (Wildman–Crippen MR) is 96.4 cm³/mol. The smallest absolute Gasteiger partial charge is 0.258 e. The molecule has 3 heterocycles. The fraction of sp³-hybridized carbons (Fsp3) is 0.0556. The third-order valence-electron chi connectivity index (χ3n) is 3.97. The topological polar surface area (TPSA) is 73.6 Å². The van der Waals surface area contributed by atoms with E-state index in [1.807, 2.05) is 54.6 Å². The summed E-state index contributed by atoms with van der Waals surface area (Å²) in [5.41, 5.74) is 3.13. The Bertz CT molecular complexity index is 1020. The first-order valence-corrected chi connectivity index (χ1v) is 7.95. The maximum Gasteiger partial charge on any atom is 0.258 e. The number of hydrogen-bond donors (Lipinski definition) is 3. The first-order valence-electron chi connectivity index (χ1n) is 7.54. The van der Waals surface area contributed by atoms with Crippen LogP contribution in [-0.4, -0.2) is 15.0 Å². The van der Waals surface area contributed by atoms with Gasteiger partial charge in [-0.15, -0.1) is 0 Å². The van der Waals surface area contributed by atoms with Crippen LogP contribution >= 0.6 is 12.2 Å². The number of benzene rings is 1. The molecule has 24 heavy (non-hydrogen) atoms. The number of rotatable bonds is 2. The Labute approximate surface area is 143 Å². The fourth-order valence-electron chi connectivity index (χ4n) is 2.90.